The molecule has 0 spiro atoms. The number of carbonyl (C=O) groups excluding carboxylic acids is 4. The van der Waals surface area contributed by atoms with E-state index in [1.54, 1.807) is 0 Å². The molecule has 0 rings (SSSR count). The molecule has 0 aromatic rings. The van der Waals surface area contributed by atoms with Crippen molar-refractivity contribution in [2.45, 2.75) is 413 Å². The first kappa shape index (κ1) is 93.1. The molecule has 19 heteroatoms. The predicted octanol–water partition coefficient (Wildman–Crippen LogP) is 22.3. The highest BCUT2D eigenvalue weighted by Gasteiger charge is 2.30. The second-order valence-electron chi connectivity index (χ2n) is 28.1. The fraction of sp³-hybridized carbons (Fsp3) is 0.947. The molecular formula is C76H148O17P2. The Kier molecular flexibility index (Phi) is 66.5. The molecule has 0 radical (unpaired) electrons. The Labute approximate surface area is 581 Å². The lowest BCUT2D eigenvalue weighted by atomic mass is 9.99. The number of aliphatic hydroxyl groups is 1. The normalized spacial score (nSPS) is 14.3. The number of hydrogen-bond acceptors (Lipinski definition) is 15. The number of rotatable bonds is 75. The molecule has 95 heavy (non-hydrogen) atoms. The van der Waals surface area contributed by atoms with E-state index in [0.717, 1.165) is 102 Å². The van der Waals surface area contributed by atoms with Gasteiger partial charge in [-0.3, -0.25) is 37.3 Å². The standard InChI is InChI=1S/C76H148O17P2/c1-7-10-12-14-16-18-28-33-40-46-52-58-73(78)86-64-71(92-75(80)60-54-48-42-34-29-19-17-15-13-11-8-2)66-90-94(82,83)88-62-70(77)63-89-95(84,85)91-67-72(65-87-74(79)59-53-47-41-37-36-39-45-51-57-69(6)9-3)93-76(81)61-55-49-43-35-31-27-25-23-21-20-22-24-26-30-32-38-44-50-56-68(4)5/h68-72,77H,7-67H2,1-6H3,(H,82,83)(H,84,85)/t69?,70-,71+,72+/m0/s1. The van der Waals surface area contributed by atoms with Crippen molar-refractivity contribution < 1.29 is 80.2 Å². The van der Waals surface area contributed by atoms with E-state index >= 15 is 0 Å². The van der Waals surface area contributed by atoms with Crippen LogP contribution in [0.15, 0.2) is 0 Å². The second-order valence-corrected chi connectivity index (χ2v) is 31.0. The molecule has 0 aliphatic heterocycles. The Morgan fingerprint density at radius 2 is 0.537 bits per heavy atom. The maximum Gasteiger partial charge on any atom is 0.472 e. The van der Waals surface area contributed by atoms with E-state index in [1.807, 2.05) is 0 Å². The molecule has 0 saturated heterocycles. The fourth-order valence-electron chi connectivity index (χ4n) is 11.6. The van der Waals surface area contributed by atoms with Crippen LogP contribution in [0.5, 0.6) is 0 Å². The van der Waals surface area contributed by atoms with Crippen molar-refractivity contribution >= 4 is 39.5 Å². The van der Waals surface area contributed by atoms with Crippen LogP contribution in [0, 0.1) is 11.8 Å². The smallest absolute Gasteiger partial charge is 0.462 e. The van der Waals surface area contributed by atoms with Gasteiger partial charge in [-0.2, -0.15) is 0 Å². The molecule has 3 N–H and O–H groups in total. The van der Waals surface area contributed by atoms with Crippen molar-refractivity contribution in [1.29, 1.82) is 0 Å². The summed E-state index contributed by atoms with van der Waals surface area (Å²) in [6, 6.07) is 0. The zero-order chi connectivity index (χ0) is 70.0. The highest BCUT2D eigenvalue weighted by molar-refractivity contribution is 7.47. The highest BCUT2D eigenvalue weighted by atomic mass is 31.2. The van der Waals surface area contributed by atoms with Gasteiger partial charge in [0.2, 0.25) is 0 Å². The molecule has 0 aliphatic carbocycles. The minimum absolute atomic E-state index is 0.107. The van der Waals surface area contributed by atoms with Crippen molar-refractivity contribution in [3.8, 4) is 0 Å². The number of phosphoric acid groups is 2. The summed E-state index contributed by atoms with van der Waals surface area (Å²) in [4.78, 5) is 72.7. The number of ether oxygens (including phenoxy) is 4. The van der Waals surface area contributed by atoms with Crippen molar-refractivity contribution in [3.63, 3.8) is 0 Å². The molecule has 0 aromatic carbocycles. The lowest BCUT2D eigenvalue weighted by Crippen LogP contribution is -2.30. The fourth-order valence-corrected chi connectivity index (χ4v) is 13.2. The van der Waals surface area contributed by atoms with Gasteiger partial charge >= 0.3 is 39.5 Å². The molecule has 3 unspecified atom stereocenters. The summed E-state index contributed by atoms with van der Waals surface area (Å²) in [7, 11) is -9.91. The first-order valence-electron chi connectivity index (χ1n) is 39.5. The lowest BCUT2D eigenvalue weighted by molar-refractivity contribution is -0.161. The summed E-state index contributed by atoms with van der Waals surface area (Å²) in [5.41, 5.74) is 0. The molecule has 0 heterocycles. The van der Waals surface area contributed by atoms with Crippen LogP contribution in [0.1, 0.15) is 395 Å². The maximum atomic E-state index is 13.1. The SMILES string of the molecule is CCCCCCCCCCCCCC(=O)OC[C@H](COP(=O)(O)OC[C@H](O)COP(=O)(O)OC[C@@H](COC(=O)CCCCCCCCCCC(C)CC)OC(=O)CCCCCCCCCCCCCCCCCCCCC(C)C)OC(=O)CCCCCCCCCCCCC. The molecule has 0 saturated carbocycles. The second kappa shape index (κ2) is 67.9. The van der Waals surface area contributed by atoms with Crippen LogP contribution < -0.4 is 0 Å². The number of phosphoric ester groups is 2. The summed E-state index contributed by atoms with van der Waals surface area (Å²) in [5.74, 6) is -0.518. The number of hydrogen-bond donors (Lipinski definition) is 3. The van der Waals surface area contributed by atoms with Crippen LogP contribution in [-0.4, -0.2) is 96.7 Å². The van der Waals surface area contributed by atoms with Gasteiger partial charge in [-0.1, -0.05) is 343 Å². The van der Waals surface area contributed by atoms with Crippen LogP contribution in [0.2, 0.25) is 0 Å². The Balaban J connectivity index is 5.19. The highest BCUT2D eigenvalue weighted by Crippen LogP contribution is 2.45. The van der Waals surface area contributed by atoms with Gasteiger partial charge in [-0.05, 0) is 37.5 Å². The molecule has 0 bridgehead atoms. The van der Waals surface area contributed by atoms with Crippen molar-refractivity contribution in [2.75, 3.05) is 39.6 Å². The van der Waals surface area contributed by atoms with Crippen LogP contribution >= 0.6 is 15.6 Å². The third-order valence-electron chi connectivity index (χ3n) is 18.1. The summed E-state index contributed by atoms with van der Waals surface area (Å²) in [5, 5.41) is 10.6. The number of unbranched alkanes of at least 4 members (excludes halogenated alkanes) is 44. The van der Waals surface area contributed by atoms with Crippen molar-refractivity contribution in [3.05, 3.63) is 0 Å². The van der Waals surface area contributed by atoms with Crippen LogP contribution in [-0.2, 0) is 65.4 Å². The van der Waals surface area contributed by atoms with Crippen LogP contribution in [0.3, 0.4) is 0 Å². The lowest BCUT2D eigenvalue weighted by Gasteiger charge is -2.21. The summed E-state index contributed by atoms with van der Waals surface area (Å²) < 4.78 is 68.5. The third kappa shape index (κ3) is 69.0. The first-order valence-corrected chi connectivity index (χ1v) is 42.5. The molecule has 0 amide bonds. The number of aliphatic hydroxyl groups excluding tert-OH is 1. The molecule has 6 atom stereocenters. The zero-order valence-corrected chi connectivity index (χ0v) is 63.8. The first-order chi connectivity index (χ1) is 45.9. The maximum absolute atomic E-state index is 13.1. The van der Waals surface area contributed by atoms with E-state index < -0.39 is 97.5 Å². The molecule has 0 fully saturated rings. The third-order valence-corrected chi connectivity index (χ3v) is 20.0. The molecular weight excluding hydrogens is 1250 g/mol. The Morgan fingerprint density at radius 3 is 0.800 bits per heavy atom. The zero-order valence-electron chi connectivity index (χ0n) is 62.0. The van der Waals surface area contributed by atoms with Gasteiger partial charge in [0, 0.05) is 25.7 Å². The Hall–Kier alpha value is -1.94. The van der Waals surface area contributed by atoms with Gasteiger partial charge in [-0.15, -0.1) is 0 Å². The van der Waals surface area contributed by atoms with Crippen molar-refractivity contribution in [1.82, 2.24) is 0 Å². The van der Waals surface area contributed by atoms with Crippen LogP contribution in [0.25, 0.3) is 0 Å². The topological polar surface area (TPSA) is 237 Å². The van der Waals surface area contributed by atoms with E-state index in [1.165, 1.54) is 212 Å². The van der Waals surface area contributed by atoms with E-state index in [-0.39, 0.29) is 25.7 Å². The minimum atomic E-state index is -4.96. The monoisotopic (exact) mass is 1400 g/mol. The minimum Gasteiger partial charge on any atom is -0.462 e. The Morgan fingerprint density at radius 1 is 0.305 bits per heavy atom. The number of carbonyl (C=O) groups is 4. The van der Waals surface area contributed by atoms with Crippen LogP contribution in [0.4, 0.5) is 0 Å². The number of esters is 4. The van der Waals surface area contributed by atoms with E-state index in [2.05, 4.69) is 41.5 Å². The predicted molar refractivity (Wildman–Crippen MR) is 386 cm³/mol. The van der Waals surface area contributed by atoms with Gasteiger partial charge in [-0.25, -0.2) is 9.13 Å². The van der Waals surface area contributed by atoms with E-state index in [4.69, 9.17) is 37.0 Å². The summed E-state index contributed by atoms with van der Waals surface area (Å²) >= 11 is 0. The van der Waals surface area contributed by atoms with E-state index in [9.17, 15) is 43.2 Å². The van der Waals surface area contributed by atoms with Gasteiger partial charge in [0.05, 0.1) is 26.4 Å². The summed E-state index contributed by atoms with van der Waals surface area (Å²) in [6.45, 7) is 9.63. The molecule has 0 aromatic heterocycles. The molecule has 0 aliphatic rings. The summed E-state index contributed by atoms with van der Waals surface area (Å²) in [6.07, 6.45) is 55.4. The Bertz CT molecular complexity index is 1840. The average Bonchev–Trinajstić information content (AvgIpc) is 1.41. The molecule has 564 valence electrons. The average molecular weight is 1400 g/mol. The van der Waals surface area contributed by atoms with E-state index in [0.29, 0.717) is 25.7 Å². The molecule has 17 nitrogen and oxygen atoms in total. The quantitative estimate of drug-likeness (QED) is 0.0222. The van der Waals surface area contributed by atoms with Crippen molar-refractivity contribution in [2.24, 2.45) is 11.8 Å². The largest absolute Gasteiger partial charge is 0.472 e. The van der Waals surface area contributed by atoms with Gasteiger partial charge < -0.3 is 33.8 Å². The van der Waals surface area contributed by atoms with Gasteiger partial charge in [0.25, 0.3) is 0 Å². The van der Waals surface area contributed by atoms with Gasteiger partial charge in [0.15, 0.2) is 12.2 Å². The van der Waals surface area contributed by atoms with Gasteiger partial charge in [0.1, 0.15) is 19.3 Å².